The van der Waals surface area contributed by atoms with E-state index in [2.05, 4.69) is 5.32 Å². The SMILES string of the molecule is COc1ccc(NC(=O)CN(c2cccc([N+](=O)[O-])c2)S(C)(=O)=O)cc1. The van der Waals surface area contributed by atoms with Crippen LogP contribution >= 0.6 is 0 Å². The van der Waals surface area contributed by atoms with E-state index in [1.165, 1.54) is 25.3 Å². The zero-order valence-corrected chi connectivity index (χ0v) is 14.9. The Morgan fingerprint density at radius 3 is 2.42 bits per heavy atom. The number of hydrogen-bond donors (Lipinski definition) is 1. The number of amides is 1. The first-order valence-corrected chi connectivity index (χ1v) is 9.21. The van der Waals surface area contributed by atoms with Gasteiger partial charge in [0.05, 0.1) is 24.0 Å². The molecule has 0 aliphatic carbocycles. The summed E-state index contributed by atoms with van der Waals surface area (Å²) in [5, 5.41) is 13.5. The van der Waals surface area contributed by atoms with Crippen LogP contribution in [0.5, 0.6) is 5.75 Å². The Morgan fingerprint density at radius 2 is 1.88 bits per heavy atom. The van der Waals surface area contributed by atoms with Crippen LogP contribution in [-0.4, -0.2) is 39.2 Å². The number of nitrogens with one attached hydrogen (secondary N) is 1. The van der Waals surface area contributed by atoms with Crippen LogP contribution < -0.4 is 14.4 Å². The monoisotopic (exact) mass is 379 g/mol. The smallest absolute Gasteiger partial charge is 0.271 e. The van der Waals surface area contributed by atoms with Crippen LogP contribution in [0, 0.1) is 10.1 Å². The van der Waals surface area contributed by atoms with Crippen molar-refractivity contribution < 1.29 is 22.9 Å². The summed E-state index contributed by atoms with van der Waals surface area (Å²) < 4.78 is 29.9. The van der Waals surface area contributed by atoms with Crippen LogP contribution in [0.4, 0.5) is 17.1 Å². The number of anilines is 2. The fourth-order valence-electron chi connectivity index (χ4n) is 2.17. The molecule has 10 heteroatoms. The number of carbonyl (C=O) groups excluding carboxylic acids is 1. The highest BCUT2D eigenvalue weighted by Crippen LogP contribution is 2.23. The topological polar surface area (TPSA) is 119 Å². The highest BCUT2D eigenvalue weighted by molar-refractivity contribution is 7.92. The number of benzene rings is 2. The van der Waals surface area contributed by atoms with Crippen LogP contribution in [0.1, 0.15) is 0 Å². The van der Waals surface area contributed by atoms with E-state index in [9.17, 15) is 23.3 Å². The van der Waals surface area contributed by atoms with Gasteiger partial charge >= 0.3 is 0 Å². The van der Waals surface area contributed by atoms with E-state index >= 15 is 0 Å². The van der Waals surface area contributed by atoms with Crippen molar-refractivity contribution in [1.29, 1.82) is 0 Å². The van der Waals surface area contributed by atoms with Crippen molar-refractivity contribution in [1.82, 2.24) is 0 Å². The Balaban J connectivity index is 2.21. The van der Waals surface area contributed by atoms with E-state index in [4.69, 9.17) is 4.74 Å². The van der Waals surface area contributed by atoms with E-state index in [1.54, 1.807) is 24.3 Å². The molecule has 0 unspecified atom stereocenters. The molecule has 1 amide bonds. The molecule has 26 heavy (non-hydrogen) atoms. The largest absolute Gasteiger partial charge is 0.497 e. The number of rotatable bonds is 7. The fraction of sp³-hybridized carbons (Fsp3) is 0.188. The second-order valence-corrected chi connectivity index (χ2v) is 7.23. The van der Waals surface area contributed by atoms with E-state index in [1.807, 2.05) is 0 Å². The van der Waals surface area contributed by atoms with Gasteiger partial charge in [-0.1, -0.05) is 6.07 Å². The maximum absolute atomic E-state index is 12.2. The molecule has 0 bridgehead atoms. The number of nitrogens with zero attached hydrogens (tertiary/aromatic N) is 2. The molecule has 138 valence electrons. The first-order chi connectivity index (χ1) is 12.2. The average molecular weight is 379 g/mol. The molecule has 0 saturated heterocycles. The maximum Gasteiger partial charge on any atom is 0.271 e. The normalized spacial score (nSPS) is 10.8. The predicted octanol–water partition coefficient (Wildman–Crippen LogP) is 2.01. The van der Waals surface area contributed by atoms with Gasteiger partial charge in [0.1, 0.15) is 12.3 Å². The quantitative estimate of drug-likeness (QED) is 0.580. The third-order valence-corrected chi connectivity index (χ3v) is 4.53. The summed E-state index contributed by atoms with van der Waals surface area (Å²) >= 11 is 0. The first kappa shape index (κ1) is 19.2. The van der Waals surface area contributed by atoms with Crippen molar-refractivity contribution in [3.05, 3.63) is 58.6 Å². The van der Waals surface area contributed by atoms with Gasteiger partial charge in [-0.2, -0.15) is 0 Å². The highest BCUT2D eigenvalue weighted by Gasteiger charge is 2.22. The molecule has 1 N–H and O–H groups in total. The molecule has 0 fully saturated rings. The van der Waals surface area contributed by atoms with Gasteiger partial charge in [0.25, 0.3) is 5.69 Å². The van der Waals surface area contributed by atoms with Gasteiger partial charge in [0.2, 0.25) is 15.9 Å². The third-order valence-electron chi connectivity index (χ3n) is 3.39. The molecule has 0 radical (unpaired) electrons. The summed E-state index contributed by atoms with van der Waals surface area (Å²) in [4.78, 5) is 22.5. The summed E-state index contributed by atoms with van der Waals surface area (Å²) in [6, 6.07) is 11.6. The molecule has 2 rings (SSSR count). The summed E-state index contributed by atoms with van der Waals surface area (Å²) in [5.41, 5.74) is 0.224. The van der Waals surface area contributed by atoms with Crippen LogP contribution in [-0.2, 0) is 14.8 Å². The molecule has 9 nitrogen and oxygen atoms in total. The second kappa shape index (κ2) is 7.83. The molecule has 0 atom stereocenters. The van der Waals surface area contributed by atoms with E-state index in [0.29, 0.717) is 11.4 Å². The zero-order chi connectivity index (χ0) is 19.3. The van der Waals surface area contributed by atoms with Crippen molar-refractivity contribution in [3.63, 3.8) is 0 Å². The standard InChI is InChI=1S/C16H17N3O6S/c1-25-15-8-6-12(7-9-15)17-16(20)11-18(26(2,23)24)13-4-3-5-14(10-13)19(21)22/h3-10H,11H2,1-2H3,(H,17,20). The number of carbonyl (C=O) groups is 1. The molecule has 0 aromatic heterocycles. The van der Waals surface area contributed by atoms with Gasteiger partial charge in [0, 0.05) is 17.8 Å². The van der Waals surface area contributed by atoms with Crippen molar-refractivity contribution in [3.8, 4) is 5.75 Å². The lowest BCUT2D eigenvalue weighted by Crippen LogP contribution is -2.37. The number of methoxy groups -OCH3 is 1. The summed E-state index contributed by atoms with van der Waals surface area (Å²) in [7, 11) is -2.32. The van der Waals surface area contributed by atoms with Crippen molar-refractivity contribution >= 4 is 33.0 Å². The number of non-ortho nitro benzene ring substituents is 1. The molecule has 0 saturated carbocycles. The van der Waals surface area contributed by atoms with Crippen molar-refractivity contribution in [2.24, 2.45) is 0 Å². The van der Waals surface area contributed by atoms with E-state index < -0.39 is 27.4 Å². The van der Waals surface area contributed by atoms with Gasteiger partial charge in [-0.05, 0) is 30.3 Å². The number of sulfonamides is 1. The first-order valence-electron chi connectivity index (χ1n) is 7.37. The summed E-state index contributed by atoms with van der Waals surface area (Å²) in [6.45, 7) is -0.522. The van der Waals surface area contributed by atoms with Crippen LogP contribution in [0.2, 0.25) is 0 Å². The van der Waals surface area contributed by atoms with E-state index in [0.717, 1.165) is 16.6 Å². The number of ether oxygens (including phenoxy) is 1. The van der Waals surface area contributed by atoms with Crippen LogP contribution in [0.25, 0.3) is 0 Å². The Kier molecular flexibility index (Phi) is 5.78. The van der Waals surface area contributed by atoms with Gasteiger partial charge in [-0.25, -0.2) is 8.42 Å². The molecule has 0 heterocycles. The minimum atomic E-state index is -3.83. The van der Waals surface area contributed by atoms with Gasteiger partial charge in [0.15, 0.2) is 0 Å². The Morgan fingerprint density at radius 1 is 1.23 bits per heavy atom. The molecule has 0 spiro atoms. The zero-order valence-electron chi connectivity index (χ0n) is 14.1. The molecule has 0 aliphatic rings. The number of hydrogen-bond acceptors (Lipinski definition) is 6. The maximum atomic E-state index is 12.2. The highest BCUT2D eigenvalue weighted by atomic mass is 32.2. The molecule has 2 aromatic carbocycles. The number of nitro benzene ring substituents is 1. The van der Waals surface area contributed by atoms with Gasteiger partial charge < -0.3 is 10.1 Å². The lowest BCUT2D eigenvalue weighted by atomic mass is 10.2. The average Bonchev–Trinajstić information content (AvgIpc) is 2.59. The molecular weight excluding hydrogens is 362 g/mol. The van der Waals surface area contributed by atoms with Crippen molar-refractivity contribution in [2.45, 2.75) is 0 Å². The van der Waals surface area contributed by atoms with E-state index in [-0.39, 0.29) is 11.4 Å². The minimum Gasteiger partial charge on any atom is -0.497 e. The van der Waals surface area contributed by atoms with Gasteiger partial charge in [-0.15, -0.1) is 0 Å². The molecule has 0 aliphatic heterocycles. The Bertz CT molecular complexity index is 912. The van der Waals surface area contributed by atoms with Crippen LogP contribution in [0.15, 0.2) is 48.5 Å². The predicted molar refractivity (Wildman–Crippen MR) is 96.9 cm³/mol. The van der Waals surface area contributed by atoms with Crippen molar-refractivity contribution in [2.75, 3.05) is 29.5 Å². The molecular formula is C16H17N3O6S. The number of nitro groups is 1. The fourth-order valence-corrected chi connectivity index (χ4v) is 3.02. The minimum absolute atomic E-state index is 0.0339. The lowest BCUT2D eigenvalue weighted by molar-refractivity contribution is -0.384. The molecule has 2 aromatic rings. The third kappa shape index (κ3) is 4.93. The summed E-state index contributed by atoms with van der Waals surface area (Å²) in [5.74, 6) is 0.0180. The Hall–Kier alpha value is -3.14. The summed E-state index contributed by atoms with van der Waals surface area (Å²) in [6.07, 6.45) is 0.923. The second-order valence-electron chi connectivity index (χ2n) is 5.32. The van der Waals surface area contributed by atoms with Gasteiger partial charge in [-0.3, -0.25) is 19.2 Å². The lowest BCUT2D eigenvalue weighted by Gasteiger charge is -2.21. The Labute approximate surface area is 150 Å². The van der Waals surface area contributed by atoms with Crippen LogP contribution in [0.3, 0.4) is 0 Å².